The van der Waals surface area contributed by atoms with Gasteiger partial charge in [-0.3, -0.25) is 4.99 Å². The van der Waals surface area contributed by atoms with Crippen molar-refractivity contribution in [3.05, 3.63) is 0 Å². The molecule has 0 amide bonds. The van der Waals surface area contributed by atoms with Crippen LogP contribution in [0.2, 0.25) is 0 Å². The second kappa shape index (κ2) is 11.4. The summed E-state index contributed by atoms with van der Waals surface area (Å²) in [5.41, 5.74) is -0.563. The number of ether oxygens (including phenoxy) is 2. The fourth-order valence-corrected chi connectivity index (χ4v) is 2.68. The maximum absolute atomic E-state index is 10.1. The fourth-order valence-electron chi connectivity index (χ4n) is 2.68. The van der Waals surface area contributed by atoms with Gasteiger partial charge in [-0.05, 0) is 45.4 Å². The molecule has 0 aromatic rings. The lowest BCUT2D eigenvalue weighted by Gasteiger charge is -2.35. The van der Waals surface area contributed by atoms with Crippen molar-refractivity contribution < 1.29 is 14.6 Å². The Morgan fingerprint density at radius 3 is 2.78 bits per heavy atom. The molecule has 7 heteroatoms. The van der Waals surface area contributed by atoms with E-state index < -0.39 is 5.60 Å². The Balaban J connectivity index is 0.00000264. The summed E-state index contributed by atoms with van der Waals surface area (Å²) in [5.74, 6) is 0.780. The molecule has 1 aliphatic heterocycles. The molecule has 6 nitrogen and oxygen atoms in total. The molecule has 1 heterocycles. The van der Waals surface area contributed by atoms with Crippen LogP contribution in [0.3, 0.4) is 0 Å². The highest BCUT2D eigenvalue weighted by molar-refractivity contribution is 14.0. The minimum absolute atomic E-state index is 0. The fraction of sp³-hybridized carbons (Fsp3) is 0.938. The molecule has 0 bridgehead atoms. The molecule has 1 aliphatic carbocycles. The highest BCUT2D eigenvalue weighted by atomic mass is 127. The van der Waals surface area contributed by atoms with Gasteiger partial charge in [0.05, 0.1) is 24.9 Å². The maximum atomic E-state index is 10.1. The lowest BCUT2D eigenvalue weighted by Crippen LogP contribution is -2.43. The van der Waals surface area contributed by atoms with E-state index in [-0.39, 0.29) is 24.0 Å². The SMILES string of the molecule is CCNC(=NCC1(O)CCC1)NCCCOCC1CCCO1.I. The second-order valence-corrected chi connectivity index (χ2v) is 6.26. The average Bonchev–Trinajstić information content (AvgIpc) is 2.99. The van der Waals surface area contributed by atoms with Crippen LogP contribution >= 0.6 is 24.0 Å². The van der Waals surface area contributed by atoms with Crippen LogP contribution in [-0.4, -0.2) is 62.2 Å². The molecule has 1 saturated carbocycles. The van der Waals surface area contributed by atoms with Gasteiger partial charge in [-0.25, -0.2) is 0 Å². The summed E-state index contributed by atoms with van der Waals surface area (Å²) < 4.78 is 11.2. The molecule has 1 unspecified atom stereocenters. The Kier molecular flexibility index (Phi) is 10.4. The summed E-state index contributed by atoms with van der Waals surface area (Å²) in [5, 5.41) is 16.6. The van der Waals surface area contributed by atoms with Crippen molar-refractivity contribution in [2.75, 3.05) is 39.5 Å². The van der Waals surface area contributed by atoms with E-state index in [0.29, 0.717) is 19.3 Å². The van der Waals surface area contributed by atoms with E-state index in [1.54, 1.807) is 0 Å². The predicted octanol–water partition coefficient (Wildman–Crippen LogP) is 1.66. The molecule has 2 rings (SSSR count). The largest absolute Gasteiger partial charge is 0.388 e. The Labute approximate surface area is 156 Å². The van der Waals surface area contributed by atoms with E-state index >= 15 is 0 Å². The molecule has 1 atom stereocenters. The number of hydrogen-bond donors (Lipinski definition) is 3. The van der Waals surface area contributed by atoms with E-state index in [0.717, 1.165) is 70.8 Å². The van der Waals surface area contributed by atoms with Gasteiger partial charge in [0.1, 0.15) is 0 Å². The molecule has 0 spiro atoms. The lowest BCUT2D eigenvalue weighted by atomic mass is 9.80. The first-order chi connectivity index (χ1) is 10.7. The summed E-state index contributed by atoms with van der Waals surface area (Å²) >= 11 is 0. The summed E-state index contributed by atoms with van der Waals surface area (Å²) in [7, 11) is 0. The van der Waals surface area contributed by atoms with Crippen molar-refractivity contribution in [3.8, 4) is 0 Å². The number of nitrogens with zero attached hydrogens (tertiary/aromatic N) is 1. The van der Waals surface area contributed by atoms with Gasteiger partial charge in [-0.15, -0.1) is 24.0 Å². The number of halogens is 1. The van der Waals surface area contributed by atoms with Crippen molar-refractivity contribution in [1.29, 1.82) is 0 Å². The van der Waals surface area contributed by atoms with E-state index in [1.807, 2.05) is 6.92 Å². The minimum atomic E-state index is -0.563. The zero-order valence-electron chi connectivity index (χ0n) is 14.2. The summed E-state index contributed by atoms with van der Waals surface area (Å²) in [6, 6.07) is 0. The Morgan fingerprint density at radius 1 is 1.35 bits per heavy atom. The molecule has 136 valence electrons. The van der Waals surface area contributed by atoms with Crippen LogP contribution in [0.5, 0.6) is 0 Å². The van der Waals surface area contributed by atoms with Crippen LogP contribution in [0.15, 0.2) is 4.99 Å². The molecule has 2 fully saturated rings. The number of nitrogens with one attached hydrogen (secondary N) is 2. The van der Waals surface area contributed by atoms with Gasteiger partial charge in [0.25, 0.3) is 0 Å². The molecular weight excluding hydrogens is 409 g/mol. The first kappa shape index (κ1) is 20.9. The quantitative estimate of drug-likeness (QED) is 0.220. The molecule has 3 N–H and O–H groups in total. The second-order valence-electron chi connectivity index (χ2n) is 6.26. The van der Waals surface area contributed by atoms with Crippen molar-refractivity contribution in [3.63, 3.8) is 0 Å². The predicted molar refractivity (Wildman–Crippen MR) is 103 cm³/mol. The zero-order valence-corrected chi connectivity index (χ0v) is 16.5. The molecule has 0 aromatic heterocycles. The van der Waals surface area contributed by atoms with Crippen LogP contribution in [0.1, 0.15) is 45.4 Å². The normalized spacial score (nSPS) is 23.0. The molecular formula is C16H32IN3O3. The number of rotatable bonds is 9. The van der Waals surface area contributed by atoms with E-state index in [1.165, 1.54) is 0 Å². The monoisotopic (exact) mass is 441 g/mol. The molecule has 0 aromatic carbocycles. The number of hydrogen-bond acceptors (Lipinski definition) is 4. The minimum Gasteiger partial charge on any atom is -0.388 e. The Bertz CT molecular complexity index is 345. The zero-order chi connectivity index (χ0) is 15.7. The molecule has 0 radical (unpaired) electrons. The number of aliphatic hydroxyl groups is 1. The molecule has 23 heavy (non-hydrogen) atoms. The van der Waals surface area contributed by atoms with Crippen molar-refractivity contribution >= 4 is 29.9 Å². The number of guanidine groups is 1. The topological polar surface area (TPSA) is 75.1 Å². The summed E-state index contributed by atoms with van der Waals surface area (Å²) in [4.78, 5) is 4.47. The Morgan fingerprint density at radius 2 is 2.17 bits per heavy atom. The molecule has 2 aliphatic rings. The van der Waals surface area contributed by atoms with Crippen LogP contribution < -0.4 is 10.6 Å². The first-order valence-electron chi connectivity index (χ1n) is 8.66. The third kappa shape index (κ3) is 8.00. The average molecular weight is 441 g/mol. The van der Waals surface area contributed by atoms with Crippen LogP contribution in [0.25, 0.3) is 0 Å². The third-order valence-corrected chi connectivity index (χ3v) is 4.25. The van der Waals surface area contributed by atoms with Gasteiger partial charge in [0.15, 0.2) is 5.96 Å². The van der Waals surface area contributed by atoms with Crippen LogP contribution in [0, 0.1) is 0 Å². The van der Waals surface area contributed by atoms with E-state index in [9.17, 15) is 5.11 Å². The van der Waals surface area contributed by atoms with Gasteiger partial charge >= 0.3 is 0 Å². The highest BCUT2D eigenvalue weighted by Gasteiger charge is 2.34. The van der Waals surface area contributed by atoms with Gasteiger partial charge in [-0.1, -0.05) is 0 Å². The van der Waals surface area contributed by atoms with Gasteiger partial charge in [0.2, 0.25) is 0 Å². The van der Waals surface area contributed by atoms with Gasteiger partial charge in [-0.2, -0.15) is 0 Å². The van der Waals surface area contributed by atoms with Crippen LogP contribution in [0.4, 0.5) is 0 Å². The highest BCUT2D eigenvalue weighted by Crippen LogP contribution is 2.31. The first-order valence-corrected chi connectivity index (χ1v) is 8.66. The van der Waals surface area contributed by atoms with E-state index in [4.69, 9.17) is 9.47 Å². The lowest BCUT2D eigenvalue weighted by molar-refractivity contribution is -0.0236. The van der Waals surface area contributed by atoms with E-state index in [2.05, 4.69) is 15.6 Å². The van der Waals surface area contributed by atoms with Crippen molar-refractivity contribution in [1.82, 2.24) is 10.6 Å². The summed E-state index contributed by atoms with van der Waals surface area (Å²) in [6.45, 7) is 6.48. The van der Waals surface area contributed by atoms with Crippen LogP contribution in [-0.2, 0) is 9.47 Å². The smallest absolute Gasteiger partial charge is 0.191 e. The Hall–Kier alpha value is -0.120. The molecule has 1 saturated heterocycles. The third-order valence-electron chi connectivity index (χ3n) is 4.25. The maximum Gasteiger partial charge on any atom is 0.191 e. The van der Waals surface area contributed by atoms with Crippen molar-refractivity contribution in [2.45, 2.75) is 57.2 Å². The van der Waals surface area contributed by atoms with Crippen molar-refractivity contribution in [2.24, 2.45) is 4.99 Å². The summed E-state index contributed by atoms with van der Waals surface area (Å²) in [6.07, 6.45) is 6.36. The standard InChI is InChI=1S/C16H31N3O3.HI/c1-2-17-15(19-13-16(20)7-4-8-16)18-9-5-10-21-12-14-6-3-11-22-14;/h14,20H,2-13H2,1H3,(H2,17,18,19);1H. The van der Waals surface area contributed by atoms with Gasteiger partial charge < -0.3 is 25.2 Å². The number of aliphatic imine (C=N–C) groups is 1. The van der Waals surface area contributed by atoms with Gasteiger partial charge in [0, 0.05) is 26.3 Å².